The predicted molar refractivity (Wildman–Crippen MR) is 50.6 cm³/mol. The van der Waals surface area contributed by atoms with E-state index in [1.807, 2.05) is 13.0 Å². The number of aryl methyl sites for hydroxylation is 2. The van der Waals surface area contributed by atoms with Gasteiger partial charge in [0.05, 0.1) is 0 Å². The molecule has 4 heteroatoms. The third-order valence-corrected chi connectivity index (χ3v) is 2.04. The van der Waals surface area contributed by atoms with Gasteiger partial charge in [0.15, 0.2) is 0 Å². The number of hydrogen-bond acceptors (Lipinski definition) is 1. The zero-order valence-electron chi connectivity index (χ0n) is 8.27. The number of benzene rings is 1. The Morgan fingerprint density at radius 2 is 2.00 bits per heavy atom. The SMILES string of the molecule is Cc1cccc(CCC(=O)C(F)(F)F)c1. The van der Waals surface area contributed by atoms with Gasteiger partial charge in [0.2, 0.25) is 5.78 Å². The van der Waals surface area contributed by atoms with Crippen LogP contribution in [0.5, 0.6) is 0 Å². The average molecular weight is 216 g/mol. The van der Waals surface area contributed by atoms with Crippen molar-refractivity contribution >= 4 is 5.78 Å². The fourth-order valence-corrected chi connectivity index (χ4v) is 1.27. The first kappa shape index (κ1) is 11.8. The van der Waals surface area contributed by atoms with Crippen molar-refractivity contribution in [2.75, 3.05) is 0 Å². The van der Waals surface area contributed by atoms with Gasteiger partial charge in [-0.3, -0.25) is 4.79 Å². The summed E-state index contributed by atoms with van der Waals surface area (Å²) in [5.74, 6) is -1.66. The number of carbonyl (C=O) groups is 1. The molecule has 0 spiro atoms. The lowest BCUT2D eigenvalue weighted by atomic mass is 10.1. The molecule has 0 aromatic heterocycles. The van der Waals surface area contributed by atoms with Crippen LogP contribution in [0.15, 0.2) is 24.3 Å². The average Bonchev–Trinajstić information content (AvgIpc) is 2.12. The summed E-state index contributed by atoms with van der Waals surface area (Å²) in [6, 6.07) is 7.12. The predicted octanol–water partition coefficient (Wildman–Crippen LogP) is 3.06. The summed E-state index contributed by atoms with van der Waals surface area (Å²) in [6.07, 6.45) is -5.04. The molecule has 82 valence electrons. The lowest BCUT2D eigenvalue weighted by molar-refractivity contribution is -0.171. The van der Waals surface area contributed by atoms with Crippen LogP contribution in [-0.4, -0.2) is 12.0 Å². The van der Waals surface area contributed by atoms with Gasteiger partial charge in [-0.05, 0) is 18.9 Å². The minimum absolute atomic E-state index is 0.139. The van der Waals surface area contributed by atoms with Crippen LogP contribution >= 0.6 is 0 Å². The summed E-state index contributed by atoms with van der Waals surface area (Å²) in [5, 5.41) is 0. The molecule has 0 aliphatic carbocycles. The Kier molecular flexibility index (Phi) is 3.50. The molecule has 0 N–H and O–H groups in total. The molecule has 0 radical (unpaired) electrons. The number of halogens is 3. The highest BCUT2D eigenvalue weighted by atomic mass is 19.4. The molecule has 0 bridgehead atoms. The highest BCUT2D eigenvalue weighted by Crippen LogP contribution is 2.19. The van der Waals surface area contributed by atoms with E-state index < -0.39 is 18.4 Å². The molecular formula is C11H11F3O. The van der Waals surface area contributed by atoms with Crippen LogP contribution in [0, 0.1) is 6.92 Å². The van der Waals surface area contributed by atoms with E-state index in [4.69, 9.17) is 0 Å². The summed E-state index contributed by atoms with van der Waals surface area (Å²) < 4.78 is 35.6. The lowest BCUT2D eigenvalue weighted by Gasteiger charge is -2.05. The third kappa shape index (κ3) is 3.73. The maximum absolute atomic E-state index is 11.9. The van der Waals surface area contributed by atoms with Crippen molar-refractivity contribution < 1.29 is 18.0 Å². The van der Waals surface area contributed by atoms with Gasteiger partial charge < -0.3 is 0 Å². The van der Waals surface area contributed by atoms with Crippen LogP contribution in [0.1, 0.15) is 17.5 Å². The Bertz CT molecular complexity index is 355. The van der Waals surface area contributed by atoms with Crippen molar-refractivity contribution in [1.29, 1.82) is 0 Å². The second-order valence-corrected chi connectivity index (χ2v) is 3.41. The zero-order valence-corrected chi connectivity index (χ0v) is 8.27. The first-order valence-corrected chi connectivity index (χ1v) is 4.55. The van der Waals surface area contributed by atoms with E-state index in [1.54, 1.807) is 18.2 Å². The van der Waals surface area contributed by atoms with Crippen molar-refractivity contribution in [2.45, 2.75) is 25.9 Å². The molecule has 0 unspecified atom stereocenters. The summed E-state index contributed by atoms with van der Waals surface area (Å²) in [7, 11) is 0. The van der Waals surface area contributed by atoms with Crippen LogP contribution in [-0.2, 0) is 11.2 Å². The Morgan fingerprint density at radius 1 is 1.33 bits per heavy atom. The quantitative estimate of drug-likeness (QED) is 0.758. The second-order valence-electron chi connectivity index (χ2n) is 3.41. The second kappa shape index (κ2) is 4.47. The van der Waals surface area contributed by atoms with E-state index in [0.29, 0.717) is 0 Å². The van der Waals surface area contributed by atoms with E-state index >= 15 is 0 Å². The van der Waals surface area contributed by atoms with Crippen molar-refractivity contribution in [1.82, 2.24) is 0 Å². The fourth-order valence-electron chi connectivity index (χ4n) is 1.27. The number of alkyl halides is 3. The van der Waals surface area contributed by atoms with E-state index in [1.165, 1.54) is 0 Å². The molecule has 0 saturated heterocycles. The summed E-state index contributed by atoms with van der Waals surface area (Å²) >= 11 is 0. The number of hydrogen-bond donors (Lipinski definition) is 0. The van der Waals surface area contributed by atoms with Gasteiger partial charge in [0, 0.05) is 6.42 Å². The van der Waals surface area contributed by atoms with Gasteiger partial charge in [0.25, 0.3) is 0 Å². The van der Waals surface area contributed by atoms with Gasteiger partial charge in [-0.1, -0.05) is 29.8 Å². The molecule has 15 heavy (non-hydrogen) atoms. The van der Waals surface area contributed by atoms with Gasteiger partial charge in [-0.25, -0.2) is 0 Å². The van der Waals surface area contributed by atoms with E-state index in [2.05, 4.69) is 0 Å². The molecule has 1 aromatic rings. The highest BCUT2D eigenvalue weighted by molar-refractivity contribution is 5.84. The molecule has 0 heterocycles. The number of rotatable bonds is 3. The summed E-state index contributed by atoms with van der Waals surface area (Å²) in [5.41, 5.74) is 1.74. The molecular weight excluding hydrogens is 205 g/mol. The Hall–Kier alpha value is -1.32. The molecule has 1 aromatic carbocycles. The first-order chi connectivity index (χ1) is 6.89. The van der Waals surface area contributed by atoms with Gasteiger partial charge >= 0.3 is 6.18 Å². The standard InChI is InChI=1S/C11H11F3O/c1-8-3-2-4-9(7-8)5-6-10(15)11(12,13)14/h2-4,7H,5-6H2,1H3. The minimum Gasteiger partial charge on any atom is -0.290 e. The van der Waals surface area contributed by atoms with E-state index in [9.17, 15) is 18.0 Å². The van der Waals surface area contributed by atoms with E-state index in [0.717, 1.165) is 11.1 Å². The molecule has 0 aliphatic rings. The Morgan fingerprint density at radius 3 is 2.53 bits per heavy atom. The molecule has 0 aliphatic heterocycles. The topological polar surface area (TPSA) is 17.1 Å². The van der Waals surface area contributed by atoms with E-state index in [-0.39, 0.29) is 6.42 Å². The van der Waals surface area contributed by atoms with Crippen molar-refractivity contribution in [3.8, 4) is 0 Å². The monoisotopic (exact) mass is 216 g/mol. The van der Waals surface area contributed by atoms with Crippen molar-refractivity contribution in [3.63, 3.8) is 0 Å². The van der Waals surface area contributed by atoms with Crippen LogP contribution in [0.3, 0.4) is 0 Å². The maximum Gasteiger partial charge on any atom is 0.449 e. The molecule has 0 atom stereocenters. The minimum atomic E-state index is -4.70. The normalized spacial score (nSPS) is 11.5. The van der Waals surface area contributed by atoms with Crippen LogP contribution < -0.4 is 0 Å². The fraction of sp³-hybridized carbons (Fsp3) is 0.364. The highest BCUT2D eigenvalue weighted by Gasteiger charge is 2.37. The molecule has 0 amide bonds. The number of Topliss-reactive ketones (excluding diaryl/α,β-unsaturated/α-hetero) is 1. The largest absolute Gasteiger partial charge is 0.449 e. The molecule has 0 saturated carbocycles. The van der Waals surface area contributed by atoms with Gasteiger partial charge in [-0.15, -0.1) is 0 Å². The molecule has 1 rings (SSSR count). The van der Waals surface area contributed by atoms with Crippen molar-refractivity contribution in [2.24, 2.45) is 0 Å². The van der Waals surface area contributed by atoms with Crippen molar-refractivity contribution in [3.05, 3.63) is 35.4 Å². The maximum atomic E-state index is 11.9. The van der Waals surface area contributed by atoms with Crippen LogP contribution in [0.25, 0.3) is 0 Å². The Balaban J connectivity index is 2.55. The zero-order chi connectivity index (χ0) is 11.5. The summed E-state index contributed by atoms with van der Waals surface area (Å²) in [4.78, 5) is 10.6. The lowest BCUT2D eigenvalue weighted by Crippen LogP contribution is -2.22. The van der Waals surface area contributed by atoms with Gasteiger partial charge in [0.1, 0.15) is 0 Å². The molecule has 0 fully saturated rings. The van der Waals surface area contributed by atoms with Crippen LogP contribution in [0.4, 0.5) is 13.2 Å². The first-order valence-electron chi connectivity index (χ1n) is 4.55. The Labute approximate surface area is 85.9 Å². The van der Waals surface area contributed by atoms with Gasteiger partial charge in [-0.2, -0.15) is 13.2 Å². The smallest absolute Gasteiger partial charge is 0.290 e. The van der Waals surface area contributed by atoms with Crippen LogP contribution in [0.2, 0.25) is 0 Å². The third-order valence-electron chi connectivity index (χ3n) is 2.04. The molecule has 1 nitrogen and oxygen atoms in total. The number of ketones is 1. The summed E-state index contributed by atoms with van der Waals surface area (Å²) in [6.45, 7) is 1.86. The number of carbonyl (C=O) groups excluding carboxylic acids is 1.